The highest BCUT2D eigenvalue weighted by molar-refractivity contribution is 5.78. The second-order valence-corrected chi connectivity index (χ2v) is 4.25. The van der Waals surface area contributed by atoms with Crippen LogP contribution in [0.2, 0.25) is 0 Å². The summed E-state index contributed by atoms with van der Waals surface area (Å²) in [4.78, 5) is 4.27. The summed E-state index contributed by atoms with van der Waals surface area (Å²) in [5.41, 5.74) is 8.35. The van der Waals surface area contributed by atoms with Crippen molar-refractivity contribution in [2.75, 3.05) is 27.1 Å². The Morgan fingerprint density at radius 2 is 1.50 bits per heavy atom. The molecule has 106 valence electrons. The predicted molar refractivity (Wildman–Crippen MR) is 78.5 cm³/mol. The van der Waals surface area contributed by atoms with E-state index < -0.39 is 0 Å². The van der Waals surface area contributed by atoms with Crippen molar-refractivity contribution in [2.24, 2.45) is 0 Å². The maximum Gasteiger partial charge on any atom is 0.203 e. The summed E-state index contributed by atoms with van der Waals surface area (Å²) in [7, 11) is 4.77. The summed E-state index contributed by atoms with van der Waals surface area (Å²) in [5, 5.41) is 0. The van der Waals surface area contributed by atoms with E-state index in [2.05, 4.69) is 4.98 Å². The summed E-state index contributed by atoms with van der Waals surface area (Å²) in [6.07, 6.45) is 0. The number of rotatable bonds is 4. The molecule has 0 amide bonds. The number of aromatic nitrogens is 1. The first-order valence-electron chi connectivity index (χ1n) is 6.14. The van der Waals surface area contributed by atoms with Crippen LogP contribution >= 0.6 is 0 Å². The third kappa shape index (κ3) is 2.34. The van der Waals surface area contributed by atoms with Gasteiger partial charge in [0.25, 0.3) is 0 Å². The topological polar surface area (TPSA) is 66.6 Å². The number of aryl methyl sites for hydroxylation is 1. The van der Waals surface area contributed by atoms with Gasteiger partial charge in [-0.15, -0.1) is 0 Å². The van der Waals surface area contributed by atoms with Gasteiger partial charge in [-0.3, -0.25) is 0 Å². The fraction of sp³-hybridized carbons (Fsp3) is 0.267. The number of anilines is 1. The molecular weight excluding hydrogens is 256 g/mol. The minimum Gasteiger partial charge on any atom is -0.493 e. The Balaban J connectivity index is 2.68. The molecule has 0 bridgehead atoms. The van der Waals surface area contributed by atoms with Crippen molar-refractivity contribution < 1.29 is 14.2 Å². The van der Waals surface area contributed by atoms with E-state index in [9.17, 15) is 0 Å². The molecular formula is C15H18N2O3. The summed E-state index contributed by atoms with van der Waals surface area (Å²) in [5.74, 6) is 2.28. The molecule has 0 saturated carbocycles. The average molecular weight is 274 g/mol. The lowest BCUT2D eigenvalue weighted by Gasteiger charge is -2.16. The van der Waals surface area contributed by atoms with Crippen LogP contribution in [0.15, 0.2) is 24.3 Å². The van der Waals surface area contributed by atoms with Crippen molar-refractivity contribution in [1.29, 1.82) is 0 Å². The van der Waals surface area contributed by atoms with E-state index in [0.717, 1.165) is 16.8 Å². The molecule has 0 atom stereocenters. The number of hydrogen-bond acceptors (Lipinski definition) is 5. The molecule has 0 radical (unpaired) electrons. The van der Waals surface area contributed by atoms with Crippen LogP contribution in [-0.2, 0) is 0 Å². The smallest absolute Gasteiger partial charge is 0.203 e. The van der Waals surface area contributed by atoms with Crippen LogP contribution in [-0.4, -0.2) is 26.3 Å². The molecule has 0 unspecified atom stereocenters. The van der Waals surface area contributed by atoms with Crippen LogP contribution in [0, 0.1) is 6.92 Å². The first kappa shape index (κ1) is 14.0. The van der Waals surface area contributed by atoms with Crippen molar-refractivity contribution in [1.82, 2.24) is 4.98 Å². The van der Waals surface area contributed by atoms with Crippen molar-refractivity contribution in [3.8, 4) is 28.4 Å². The van der Waals surface area contributed by atoms with Crippen LogP contribution < -0.4 is 19.9 Å². The van der Waals surface area contributed by atoms with Gasteiger partial charge in [-0.1, -0.05) is 0 Å². The van der Waals surface area contributed by atoms with Gasteiger partial charge in [-0.25, -0.2) is 4.98 Å². The molecule has 2 N–H and O–H groups in total. The Morgan fingerprint density at radius 1 is 0.850 bits per heavy atom. The molecule has 0 saturated heterocycles. The summed E-state index contributed by atoms with van der Waals surface area (Å²) >= 11 is 0. The highest BCUT2D eigenvalue weighted by Crippen LogP contribution is 2.44. The van der Waals surface area contributed by atoms with Gasteiger partial charge in [0.05, 0.1) is 21.3 Å². The monoisotopic (exact) mass is 274 g/mol. The Kier molecular flexibility index (Phi) is 3.98. The van der Waals surface area contributed by atoms with Crippen LogP contribution in [0.4, 0.5) is 5.82 Å². The third-order valence-corrected chi connectivity index (χ3v) is 3.10. The Hall–Kier alpha value is -2.43. The fourth-order valence-corrected chi connectivity index (χ4v) is 2.18. The SMILES string of the molecule is COc1ccc(-c2ccc(N)nc2C)c(OC)c1OC. The van der Waals surface area contributed by atoms with Gasteiger partial charge in [0.1, 0.15) is 5.82 Å². The van der Waals surface area contributed by atoms with E-state index in [0.29, 0.717) is 23.1 Å². The van der Waals surface area contributed by atoms with Crippen molar-refractivity contribution in [2.45, 2.75) is 6.92 Å². The zero-order valence-corrected chi connectivity index (χ0v) is 12.1. The van der Waals surface area contributed by atoms with Gasteiger partial charge in [0.15, 0.2) is 11.5 Å². The van der Waals surface area contributed by atoms with Crippen LogP contribution in [0.1, 0.15) is 5.69 Å². The Bertz CT molecular complexity index is 627. The van der Waals surface area contributed by atoms with Gasteiger partial charge in [-0.05, 0) is 31.2 Å². The van der Waals surface area contributed by atoms with E-state index >= 15 is 0 Å². The van der Waals surface area contributed by atoms with Crippen molar-refractivity contribution in [3.63, 3.8) is 0 Å². The maximum absolute atomic E-state index is 5.69. The lowest BCUT2D eigenvalue weighted by Crippen LogP contribution is -1.99. The van der Waals surface area contributed by atoms with E-state index in [-0.39, 0.29) is 0 Å². The van der Waals surface area contributed by atoms with Gasteiger partial charge < -0.3 is 19.9 Å². The number of nitrogens with two attached hydrogens (primary N) is 1. The lowest BCUT2D eigenvalue weighted by atomic mass is 10.0. The van der Waals surface area contributed by atoms with Gasteiger partial charge in [-0.2, -0.15) is 0 Å². The minimum absolute atomic E-state index is 0.491. The highest BCUT2D eigenvalue weighted by Gasteiger charge is 2.18. The van der Waals surface area contributed by atoms with Gasteiger partial charge in [0.2, 0.25) is 5.75 Å². The molecule has 2 aromatic rings. The molecule has 0 aliphatic heterocycles. The Morgan fingerprint density at radius 3 is 2.05 bits per heavy atom. The van der Waals surface area contributed by atoms with Gasteiger partial charge >= 0.3 is 0 Å². The number of pyridine rings is 1. The zero-order chi connectivity index (χ0) is 14.7. The highest BCUT2D eigenvalue weighted by atomic mass is 16.5. The maximum atomic E-state index is 5.69. The molecule has 0 aliphatic rings. The second kappa shape index (κ2) is 5.69. The van der Waals surface area contributed by atoms with E-state index in [1.54, 1.807) is 27.4 Å². The first-order valence-corrected chi connectivity index (χ1v) is 6.14. The number of nitrogen functional groups attached to an aromatic ring is 1. The van der Waals surface area contributed by atoms with E-state index in [4.69, 9.17) is 19.9 Å². The molecule has 1 aromatic heterocycles. The number of methoxy groups -OCH3 is 3. The van der Waals surface area contributed by atoms with Crippen LogP contribution in [0.5, 0.6) is 17.2 Å². The molecule has 0 spiro atoms. The summed E-state index contributed by atoms with van der Waals surface area (Å²) < 4.78 is 16.2. The largest absolute Gasteiger partial charge is 0.493 e. The number of hydrogen-bond donors (Lipinski definition) is 1. The molecule has 0 fully saturated rings. The minimum atomic E-state index is 0.491. The molecule has 5 nitrogen and oxygen atoms in total. The van der Waals surface area contributed by atoms with Crippen LogP contribution in [0.25, 0.3) is 11.1 Å². The van der Waals surface area contributed by atoms with Gasteiger partial charge in [0, 0.05) is 16.8 Å². The average Bonchev–Trinajstić information content (AvgIpc) is 2.45. The third-order valence-electron chi connectivity index (χ3n) is 3.10. The number of benzene rings is 1. The number of nitrogens with zero attached hydrogens (tertiary/aromatic N) is 1. The quantitative estimate of drug-likeness (QED) is 0.928. The Labute approximate surface area is 118 Å². The lowest BCUT2D eigenvalue weighted by molar-refractivity contribution is 0.325. The summed E-state index contributed by atoms with van der Waals surface area (Å²) in [6.45, 7) is 1.90. The van der Waals surface area contributed by atoms with Crippen molar-refractivity contribution >= 4 is 5.82 Å². The van der Waals surface area contributed by atoms with Crippen LogP contribution in [0.3, 0.4) is 0 Å². The van der Waals surface area contributed by atoms with Crippen molar-refractivity contribution in [3.05, 3.63) is 30.0 Å². The second-order valence-electron chi connectivity index (χ2n) is 4.25. The molecule has 5 heteroatoms. The zero-order valence-electron chi connectivity index (χ0n) is 12.1. The normalized spacial score (nSPS) is 10.2. The molecule has 1 aromatic carbocycles. The number of ether oxygens (including phenoxy) is 3. The predicted octanol–water partition coefficient (Wildman–Crippen LogP) is 2.67. The van der Waals surface area contributed by atoms with E-state index in [1.807, 2.05) is 25.1 Å². The molecule has 2 rings (SSSR count). The fourth-order valence-electron chi connectivity index (χ4n) is 2.18. The first-order chi connectivity index (χ1) is 9.62. The standard InChI is InChI=1S/C15H18N2O3/c1-9-10(6-8-13(16)17-9)11-5-7-12(18-2)15(20-4)14(11)19-3/h5-8H,1-4H3,(H2,16,17). The summed E-state index contributed by atoms with van der Waals surface area (Å²) in [6, 6.07) is 7.44. The molecule has 1 heterocycles. The van der Waals surface area contributed by atoms with E-state index in [1.165, 1.54) is 0 Å². The molecule has 20 heavy (non-hydrogen) atoms. The molecule has 0 aliphatic carbocycles.